The van der Waals surface area contributed by atoms with E-state index in [1.54, 1.807) is 12.1 Å². The van der Waals surface area contributed by atoms with Crippen molar-refractivity contribution in [3.63, 3.8) is 0 Å². The van der Waals surface area contributed by atoms with E-state index in [1.807, 2.05) is 4.90 Å². The fourth-order valence-corrected chi connectivity index (χ4v) is 2.14. The van der Waals surface area contributed by atoms with E-state index in [1.165, 1.54) is 0 Å². The summed E-state index contributed by atoms with van der Waals surface area (Å²) in [6.07, 6.45) is 0.979. The summed E-state index contributed by atoms with van der Waals surface area (Å²) in [6, 6.07) is 3.49. The van der Waals surface area contributed by atoms with Crippen LogP contribution in [0.5, 0.6) is 0 Å². The Kier molecular flexibility index (Phi) is 3.26. The van der Waals surface area contributed by atoms with Gasteiger partial charge in [-0.2, -0.15) is 0 Å². The maximum atomic E-state index is 11.5. The van der Waals surface area contributed by atoms with Crippen molar-refractivity contribution < 1.29 is 4.79 Å². The van der Waals surface area contributed by atoms with Gasteiger partial charge in [0.25, 0.3) is 0 Å². The molecule has 0 fully saturated rings. The summed E-state index contributed by atoms with van der Waals surface area (Å²) in [5.74, 6) is -0.0145. The van der Waals surface area contributed by atoms with Crippen molar-refractivity contribution in [2.24, 2.45) is 0 Å². The molecule has 1 heterocycles. The predicted octanol–water partition coefficient (Wildman–Crippen LogP) is 3.16. The largest absolute Gasteiger partial charge is 0.360 e. The molecule has 0 saturated carbocycles. The zero-order valence-electron chi connectivity index (χ0n) is 8.89. The quantitative estimate of drug-likeness (QED) is 0.884. The molecule has 0 saturated heterocycles. The number of rotatable bonds is 2. The van der Waals surface area contributed by atoms with Gasteiger partial charge in [0, 0.05) is 6.54 Å². The van der Waals surface area contributed by atoms with Gasteiger partial charge < -0.3 is 10.2 Å². The predicted molar refractivity (Wildman–Crippen MR) is 67.6 cm³/mol. The molecule has 5 heteroatoms. The van der Waals surface area contributed by atoms with Crippen LogP contribution in [-0.4, -0.2) is 19.0 Å². The second-order valence-corrected chi connectivity index (χ2v) is 4.57. The van der Waals surface area contributed by atoms with Crippen molar-refractivity contribution in [1.29, 1.82) is 0 Å². The fraction of sp³-hybridized carbons (Fsp3) is 0.364. The van der Waals surface area contributed by atoms with Gasteiger partial charge >= 0.3 is 0 Å². The number of fused-ring (bicyclic) bond motifs is 1. The van der Waals surface area contributed by atoms with E-state index in [0.29, 0.717) is 16.6 Å². The van der Waals surface area contributed by atoms with Crippen LogP contribution in [0.1, 0.15) is 13.3 Å². The van der Waals surface area contributed by atoms with E-state index >= 15 is 0 Å². The summed E-state index contributed by atoms with van der Waals surface area (Å²) in [4.78, 5) is 13.5. The third-order valence-corrected chi connectivity index (χ3v) is 3.20. The molecule has 1 N–H and O–H groups in total. The van der Waals surface area contributed by atoms with Crippen LogP contribution in [0.4, 0.5) is 11.4 Å². The van der Waals surface area contributed by atoms with Crippen LogP contribution < -0.4 is 10.2 Å². The Morgan fingerprint density at radius 1 is 1.38 bits per heavy atom. The lowest BCUT2D eigenvalue weighted by Gasteiger charge is -2.31. The first-order chi connectivity index (χ1) is 7.61. The van der Waals surface area contributed by atoms with Crippen LogP contribution in [0.3, 0.4) is 0 Å². The van der Waals surface area contributed by atoms with Crippen molar-refractivity contribution in [3.05, 3.63) is 22.2 Å². The van der Waals surface area contributed by atoms with Crippen LogP contribution in [0.2, 0.25) is 10.0 Å². The third-order valence-electron chi connectivity index (χ3n) is 2.48. The lowest BCUT2D eigenvalue weighted by atomic mass is 10.2. The van der Waals surface area contributed by atoms with E-state index in [0.717, 1.165) is 24.3 Å². The molecule has 0 bridgehead atoms. The maximum absolute atomic E-state index is 11.5. The van der Waals surface area contributed by atoms with Crippen LogP contribution in [0.25, 0.3) is 0 Å². The highest BCUT2D eigenvalue weighted by molar-refractivity contribution is 6.42. The van der Waals surface area contributed by atoms with Gasteiger partial charge in [0.05, 0.1) is 28.0 Å². The highest BCUT2D eigenvalue weighted by Crippen LogP contribution is 2.36. The number of carbonyl (C=O) groups excluding carboxylic acids is 1. The number of benzene rings is 1. The molecule has 0 aromatic heterocycles. The first-order valence-electron chi connectivity index (χ1n) is 5.15. The van der Waals surface area contributed by atoms with Gasteiger partial charge in [0.15, 0.2) is 0 Å². The average molecular weight is 259 g/mol. The van der Waals surface area contributed by atoms with E-state index in [-0.39, 0.29) is 5.91 Å². The minimum atomic E-state index is -0.0145. The maximum Gasteiger partial charge on any atom is 0.243 e. The van der Waals surface area contributed by atoms with Crippen molar-refractivity contribution in [2.75, 3.05) is 23.3 Å². The minimum absolute atomic E-state index is 0.0145. The Morgan fingerprint density at radius 3 is 2.75 bits per heavy atom. The standard InChI is InChI=1S/C11H12Cl2N2O/c1-2-3-15-6-11(16)14-9-4-7(12)8(13)5-10(9)15/h4-5H,2-3,6H2,1H3,(H,14,16). The lowest BCUT2D eigenvalue weighted by molar-refractivity contribution is -0.115. The topological polar surface area (TPSA) is 32.3 Å². The van der Waals surface area contributed by atoms with Crippen LogP contribution in [-0.2, 0) is 4.79 Å². The van der Waals surface area contributed by atoms with Crippen LogP contribution in [0.15, 0.2) is 12.1 Å². The number of hydrogen-bond acceptors (Lipinski definition) is 2. The summed E-state index contributed by atoms with van der Waals surface area (Å²) in [5.41, 5.74) is 1.68. The van der Waals surface area contributed by atoms with Crippen molar-refractivity contribution in [2.45, 2.75) is 13.3 Å². The smallest absolute Gasteiger partial charge is 0.243 e. The average Bonchev–Trinajstić information content (AvgIpc) is 2.21. The number of halogens is 2. The van der Waals surface area contributed by atoms with Gasteiger partial charge in [0.2, 0.25) is 5.91 Å². The number of hydrogen-bond donors (Lipinski definition) is 1. The van der Waals surface area contributed by atoms with Gasteiger partial charge in [-0.25, -0.2) is 0 Å². The first kappa shape index (κ1) is 11.6. The number of anilines is 2. The number of nitrogens with one attached hydrogen (secondary N) is 1. The van der Waals surface area contributed by atoms with Gasteiger partial charge in [-0.05, 0) is 18.6 Å². The van der Waals surface area contributed by atoms with Gasteiger partial charge in [-0.3, -0.25) is 4.79 Å². The number of nitrogens with zero attached hydrogens (tertiary/aromatic N) is 1. The molecule has 0 atom stereocenters. The van der Waals surface area contributed by atoms with E-state index in [9.17, 15) is 4.79 Å². The minimum Gasteiger partial charge on any atom is -0.360 e. The van der Waals surface area contributed by atoms with Gasteiger partial charge in [-0.1, -0.05) is 30.1 Å². The van der Waals surface area contributed by atoms with Gasteiger partial charge in [-0.15, -0.1) is 0 Å². The Hall–Kier alpha value is -0.930. The van der Waals surface area contributed by atoms with Crippen LogP contribution in [0, 0.1) is 0 Å². The molecule has 1 aliphatic rings. The van der Waals surface area contributed by atoms with E-state index in [2.05, 4.69) is 12.2 Å². The molecule has 16 heavy (non-hydrogen) atoms. The molecule has 0 spiro atoms. The summed E-state index contributed by atoms with van der Waals surface area (Å²) < 4.78 is 0. The summed E-state index contributed by atoms with van der Waals surface area (Å²) in [7, 11) is 0. The summed E-state index contributed by atoms with van der Waals surface area (Å²) in [5, 5.41) is 3.76. The fourth-order valence-electron chi connectivity index (χ4n) is 1.82. The van der Waals surface area contributed by atoms with Gasteiger partial charge in [0.1, 0.15) is 0 Å². The normalized spacial score (nSPS) is 14.7. The molecular formula is C11H12Cl2N2O. The monoisotopic (exact) mass is 258 g/mol. The zero-order chi connectivity index (χ0) is 11.7. The molecule has 0 aliphatic carbocycles. The van der Waals surface area contributed by atoms with Crippen molar-refractivity contribution in [1.82, 2.24) is 0 Å². The molecule has 86 valence electrons. The zero-order valence-corrected chi connectivity index (χ0v) is 10.4. The molecular weight excluding hydrogens is 247 g/mol. The SMILES string of the molecule is CCCN1CC(=O)Nc2cc(Cl)c(Cl)cc21. The second kappa shape index (κ2) is 4.52. The lowest BCUT2D eigenvalue weighted by Crippen LogP contribution is -2.38. The molecule has 0 unspecified atom stereocenters. The molecule has 1 amide bonds. The third kappa shape index (κ3) is 2.11. The molecule has 1 aliphatic heterocycles. The van der Waals surface area contributed by atoms with E-state index < -0.39 is 0 Å². The second-order valence-electron chi connectivity index (χ2n) is 3.75. The van der Waals surface area contributed by atoms with Crippen LogP contribution >= 0.6 is 23.2 Å². The number of carbonyl (C=O) groups is 1. The first-order valence-corrected chi connectivity index (χ1v) is 5.91. The summed E-state index contributed by atoms with van der Waals surface area (Å²) in [6.45, 7) is 3.28. The Bertz CT molecular complexity index is 434. The highest BCUT2D eigenvalue weighted by Gasteiger charge is 2.22. The van der Waals surface area contributed by atoms with E-state index in [4.69, 9.17) is 23.2 Å². The molecule has 1 aromatic carbocycles. The molecule has 3 nitrogen and oxygen atoms in total. The highest BCUT2D eigenvalue weighted by atomic mass is 35.5. The van der Waals surface area contributed by atoms with Crippen molar-refractivity contribution in [3.8, 4) is 0 Å². The number of amides is 1. The summed E-state index contributed by atoms with van der Waals surface area (Å²) >= 11 is 11.9. The molecule has 0 radical (unpaired) electrons. The van der Waals surface area contributed by atoms with Crippen molar-refractivity contribution >= 4 is 40.5 Å². The Balaban J connectivity index is 2.44. The Labute approximate surface area is 104 Å². The molecule has 1 aromatic rings. The Morgan fingerprint density at radius 2 is 2.06 bits per heavy atom. The molecule has 2 rings (SSSR count).